The zero-order valence-corrected chi connectivity index (χ0v) is 15.4. The van der Waals surface area contributed by atoms with Crippen LogP contribution in [-0.4, -0.2) is 42.5 Å². The molecule has 0 radical (unpaired) electrons. The number of hydrogen-bond donors (Lipinski definition) is 0. The maximum absolute atomic E-state index is 12.5. The minimum Gasteiger partial charge on any atom is -0.452 e. The zero-order valence-electron chi connectivity index (χ0n) is 15.4. The van der Waals surface area contributed by atoms with Crippen LogP contribution in [0.4, 0.5) is 0 Å². The third-order valence-electron chi connectivity index (χ3n) is 4.19. The molecule has 1 saturated heterocycles. The quantitative estimate of drug-likeness (QED) is 0.578. The van der Waals surface area contributed by atoms with Crippen LogP contribution in [0.3, 0.4) is 0 Å². The van der Waals surface area contributed by atoms with Crippen LogP contribution in [0.2, 0.25) is 0 Å². The van der Waals surface area contributed by atoms with Crippen LogP contribution in [0.15, 0.2) is 60.7 Å². The first kappa shape index (κ1) is 19.6. The first-order valence-corrected chi connectivity index (χ1v) is 8.80. The Balaban J connectivity index is 1.80. The molecule has 1 fully saturated rings. The second-order valence-electron chi connectivity index (χ2n) is 6.29. The summed E-state index contributed by atoms with van der Waals surface area (Å²) in [5, 5.41) is 0. The van der Waals surface area contributed by atoms with E-state index in [4.69, 9.17) is 18.9 Å². The van der Waals surface area contributed by atoms with Crippen LogP contribution in [0, 0.1) is 0 Å². The summed E-state index contributed by atoms with van der Waals surface area (Å²) in [6.45, 7) is 2.86. The van der Waals surface area contributed by atoms with Gasteiger partial charge in [-0.2, -0.15) is 0 Å². The lowest BCUT2D eigenvalue weighted by atomic mass is 10.1. The number of carbonyl (C=O) groups is 3. The Morgan fingerprint density at radius 3 is 1.68 bits per heavy atom. The molecule has 7 heteroatoms. The lowest BCUT2D eigenvalue weighted by molar-refractivity contribution is -0.185. The molecule has 0 unspecified atom stereocenters. The lowest BCUT2D eigenvalue weighted by Gasteiger charge is -2.23. The number of rotatable bonds is 5. The van der Waals surface area contributed by atoms with Crippen LogP contribution >= 0.6 is 0 Å². The largest absolute Gasteiger partial charge is 0.452 e. The molecule has 4 atom stereocenters. The molecule has 1 aliphatic heterocycles. The summed E-state index contributed by atoms with van der Waals surface area (Å²) in [7, 11) is 0. The van der Waals surface area contributed by atoms with Crippen molar-refractivity contribution in [2.75, 3.05) is 0 Å². The SMILES string of the molecule is CC(=O)O[C@@H]1O[C@H](C)[C@@H](OC(=O)c2ccccc2)[C@H]1OC(=O)c1ccccc1. The number of hydrogen-bond acceptors (Lipinski definition) is 7. The van der Waals surface area contributed by atoms with Crippen molar-refractivity contribution in [3.8, 4) is 0 Å². The van der Waals surface area contributed by atoms with Gasteiger partial charge in [0.2, 0.25) is 12.4 Å². The Hall–Kier alpha value is -3.19. The van der Waals surface area contributed by atoms with E-state index in [2.05, 4.69) is 0 Å². The maximum Gasteiger partial charge on any atom is 0.338 e. The first-order chi connectivity index (χ1) is 13.5. The van der Waals surface area contributed by atoms with Crippen molar-refractivity contribution in [3.63, 3.8) is 0 Å². The molecule has 0 saturated carbocycles. The number of ether oxygens (including phenoxy) is 4. The van der Waals surface area contributed by atoms with Gasteiger partial charge in [-0.05, 0) is 31.2 Å². The summed E-state index contributed by atoms with van der Waals surface area (Å²) in [5.74, 6) is -1.83. The second kappa shape index (κ2) is 8.67. The number of esters is 3. The highest BCUT2D eigenvalue weighted by Gasteiger charge is 2.49. The maximum atomic E-state index is 12.5. The first-order valence-electron chi connectivity index (χ1n) is 8.80. The molecule has 1 heterocycles. The van der Waals surface area contributed by atoms with Crippen molar-refractivity contribution in [3.05, 3.63) is 71.8 Å². The third-order valence-corrected chi connectivity index (χ3v) is 4.19. The molecule has 0 spiro atoms. The summed E-state index contributed by atoms with van der Waals surface area (Å²) in [4.78, 5) is 36.3. The average Bonchev–Trinajstić information content (AvgIpc) is 2.97. The van der Waals surface area contributed by atoms with Gasteiger partial charge in [0.25, 0.3) is 0 Å². The van der Waals surface area contributed by atoms with E-state index in [0.29, 0.717) is 11.1 Å². The highest BCUT2D eigenvalue weighted by atomic mass is 16.7. The van der Waals surface area contributed by atoms with Gasteiger partial charge in [-0.25, -0.2) is 9.59 Å². The normalized spacial score (nSPS) is 23.6. The number of benzene rings is 2. The standard InChI is InChI=1S/C21H20O7/c1-13-17(27-19(23)15-9-5-3-6-10-15)18(21(25-13)26-14(2)22)28-20(24)16-11-7-4-8-12-16/h3-13,17-18,21H,1-2H3/t13-,17-,18-,21+/m1/s1. The highest BCUT2D eigenvalue weighted by molar-refractivity contribution is 5.90. The Labute approximate surface area is 162 Å². The van der Waals surface area contributed by atoms with E-state index in [1.165, 1.54) is 6.92 Å². The highest BCUT2D eigenvalue weighted by Crippen LogP contribution is 2.29. The molecular formula is C21H20O7. The molecule has 2 aromatic carbocycles. The average molecular weight is 384 g/mol. The zero-order chi connectivity index (χ0) is 20.1. The van der Waals surface area contributed by atoms with Gasteiger partial charge < -0.3 is 18.9 Å². The molecule has 0 N–H and O–H groups in total. The Morgan fingerprint density at radius 2 is 1.21 bits per heavy atom. The van der Waals surface area contributed by atoms with E-state index in [1.807, 2.05) is 0 Å². The van der Waals surface area contributed by atoms with Gasteiger partial charge in [0, 0.05) is 6.92 Å². The minimum atomic E-state index is -1.17. The van der Waals surface area contributed by atoms with E-state index >= 15 is 0 Å². The van der Waals surface area contributed by atoms with Gasteiger partial charge in [0.05, 0.1) is 11.1 Å². The van der Waals surface area contributed by atoms with Crippen LogP contribution in [-0.2, 0) is 23.7 Å². The Bertz CT molecular complexity index is 834. The van der Waals surface area contributed by atoms with Gasteiger partial charge in [-0.15, -0.1) is 0 Å². The Kier molecular flexibility index (Phi) is 6.06. The molecule has 7 nitrogen and oxygen atoms in total. The van der Waals surface area contributed by atoms with Gasteiger partial charge in [-0.3, -0.25) is 4.79 Å². The summed E-state index contributed by atoms with van der Waals surface area (Å²) in [6, 6.07) is 16.7. The van der Waals surface area contributed by atoms with Crippen LogP contribution in [0.25, 0.3) is 0 Å². The van der Waals surface area contributed by atoms with E-state index in [9.17, 15) is 14.4 Å². The third kappa shape index (κ3) is 4.55. The van der Waals surface area contributed by atoms with E-state index in [1.54, 1.807) is 67.6 Å². The summed E-state index contributed by atoms with van der Waals surface area (Å²) in [6.07, 6.45) is -3.86. The van der Waals surface area contributed by atoms with Crippen LogP contribution in [0.1, 0.15) is 34.6 Å². The molecule has 2 aromatic rings. The monoisotopic (exact) mass is 384 g/mol. The Morgan fingerprint density at radius 1 is 0.750 bits per heavy atom. The predicted octanol–water partition coefficient (Wildman–Crippen LogP) is 2.75. The lowest BCUT2D eigenvalue weighted by Crippen LogP contribution is -2.41. The molecule has 0 bridgehead atoms. The smallest absolute Gasteiger partial charge is 0.338 e. The second-order valence-corrected chi connectivity index (χ2v) is 6.29. The molecule has 0 amide bonds. The van der Waals surface area contributed by atoms with Crippen molar-refractivity contribution in [2.45, 2.75) is 38.4 Å². The summed E-state index contributed by atoms with van der Waals surface area (Å²) < 4.78 is 21.7. The molecule has 1 aliphatic rings. The fraction of sp³-hybridized carbons (Fsp3) is 0.286. The van der Waals surface area contributed by atoms with Crippen molar-refractivity contribution in [2.24, 2.45) is 0 Å². The van der Waals surface area contributed by atoms with Crippen molar-refractivity contribution in [1.29, 1.82) is 0 Å². The van der Waals surface area contributed by atoms with Gasteiger partial charge >= 0.3 is 17.9 Å². The molecule has 146 valence electrons. The fourth-order valence-electron chi connectivity index (χ4n) is 2.86. The van der Waals surface area contributed by atoms with Gasteiger partial charge in [0.15, 0.2) is 6.10 Å². The molecule has 28 heavy (non-hydrogen) atoms. The van der Waals surface area contributed by atoms with Gasteiger partial charge in [0.1, 0.15) is 6.10 Å². The van der Waals surface area contributed by atoms with Crippen LogP contribution in [0.5, 0.6) is 0 Å². The topological polar surface area (TPSA) is 88.1 Å². The van der Waals surface area contributed by atoms with E-state index < -0.39 is 42.5 Å². The fourth-order valence-corrected chi connectivity index (χ4v) is 2.86. The van der Waals surface area contributed by atoms with Crippen molar-refractivity contribution >= 4 is 17.9 Å². The van der Waals surface area contributed by atoms with Crippen molar-refractivity contribution < 1.29 is 33.3 Å². The van der Waals surface area contributed by atoms with E-state index in [0.717, 1.165) is 0 Å². The summed E-state index contributed by atoms with van der Waals surface area (Å²) >= 11 is 0. The molecule has 0 aliphatic carbocycles. The van der Waals surface area contributed by atoms with E-state index in [-0.39, 0.29) is 0 Å². The molecular weight excluding hydrogens is 364 g/mol. The van der Waals surface area contributed by atoms with Crippen molar-refractivity contribution in [1.82, 2.24) is 0 Å². The summed E-state index contributed by atoms with van der Waals surface area (Å²) in [5.41, 5.74) is 0.663. The van der Waals surface area contributed by atoms with Crippen LogP contribution < -0.4 is 0 Å². The number of carbonyl (C=O) groups excluding carboxylic acids is 3. The molecule has 0 aromatic heterocycles. The predicted molar refractivity (Wildman–Crippen MR) is 97.4 cm³/mol. The molecule has 3 rings (SSSR count). The van der Waals surface area contributed by atoms with Gasteiger partial charge in [-0.1, -0.05) is 36.4 Å². The minimum absolute atomic E-state index is 0.316.